The van der Waals surface area contributed by atoms with Gasteiger partial charge in [-0.05, 0) is 63.7 Å². The number of hydrogen-bond acceptors (Lipinski definition) is 4. The third kappa shape index (κ3) is 5.75. The standard InChI is InChI=1S/C29H29NO5S/c1-20(2)28(29(31)34-3)30(36(32)33)26-14-10-23(11-15-26)24-12-16-27(17-13-24)35-19-21-8-9-22-6-4-5-7-25(22)18-21/h4-18,20,28H,19H2,1-3H3,(H,32,33). The normalized spacial score (nSPS) is 12.8. The van der Waals surface area contributed by atoms with Crippen LogP contribution in [0.5, 0.6) is 5.75 Å². The molecule has 4 aromatic rings. The zero-order valence-electron chi connectivity index (χ0n) is 20.5. The molecule has 0 aliphatic heterocycles. The smallest absolute Gasteiger partial charge is 0.329 e. The second-order valence-corrected chi connectivity index (χ2v) is 9.66. The summed E-state index contributed by atoms with van der Waals surface area (Å²) in [5.41, 5.74) is 3.47. The molecule has 2 atom stereocenters. The lowest BCUT2D eigenvalue weighted by Crippen LogP contribution is -2.46. The topological polar surface area (TPSA) is 76.1 Å². The molecule has 36 heavy (non-hydrogen) atoms. The number of hydrogen-bond donors (Lipinski definition) is 1. The van der Waals surface area contributed by atoms with Crippen LogP contribution in [0.4, 0.5) is 5.69 Å². The highest BCUT2D eigenvalue weighted by Gasteiger charge is 2.33. The maximum atomic E-state index is 12.3. The van der Waals surface area contributed by atoms with E-state index < -0.39 is 23.3 Å². The summed E-state index contributed by atoms with van der Waals surface area (Å²) < 4.78 is 34.0. The van der Waals surface area contributed by atoms with Crippen LogP contribution in [-0.2, 0) is 27.4 Å². The van der Waals surface area contributed by atoms with Crippen LogP contribution in [0.15, 0.2) is 91.0 Å². The Labute approximate surface area is 213 Å². The lowest BCUT2D eigenvalue weighted by molar-refractivity contribution is -0.142. The number of benzene rings is 4. The maximum absolute atomic E-state index is 12.3. The first kappa shape index (κ1) is 25.4. The summed E-state index contributed by atoms with van der Waals surface area (Å²) in [5.74, 6) is -0.0191. The molecule has 0 heterocycles. The highest BCUT2D eigenvalue weighted by molar-refractivity contribution is 7.80. The van der Waals surface area contributed by atoms with Crippen LogP contribution < -0.4 is 9.04 Å². The molecule has 7 heteroatoms. The number of methoxy groups -OCH3 is 1. The van der Waals surface area contributed by atoms with Crippen LogP contribution in [0.1, 0.15) is 19.4 Å². The number of esters is 1. The van der Waals surface area contributed by atoms with E-state index in [0.29, 0.717) is 12.3 Å². The van der Waals surface area contributed by atoms with Gasteiger partial charge in [-0.15, -0.1) is 0 Å². The average molecular weight is 504 g/mol. The summed E-state index contributed by atoms with van der Waals surface area (Å²) in [6.45, 7) is 4.09. The van der Waals surface area contributed by atoms with Crippen molar-refractivity contribution in [3.63, 3.8) is 0 Å². The SMILES string of the molecule is COC(=O)C(C(C)C)N(c1ccc(-c2ccc(OCc3ccc4ccccc4c3)cc2)cc1)S(=O)O. The first-order valence-corrected chi connectivity index (χ1v) is 12.7. The summed E-state index contributed by atoms with van der Waals surface area (Å²) in [7, 11) is 1.27. The van der Waals surface area contributed by atoms with Gasteiger partial charge in [0.05, 0.1) is 12.8 Å². The molecule has 0 radical (unpaired) electrons. The molecular weight excluding hydrogens is 474 g/mol. The molecule has 0 saturated heterocycles. The third-order valence-corrected chi connectivity index (χ3v) is 6.80. The molecule has 0 spiro atoms. The van der Waals surface area contributed by atoms with Crippen molar-refractivity contribution in [1.82, 2.24) is 0 Å². The maximum Gasteiger partial charge on any atom is 0.329 e. The molecule has 0 aliphatic rings. The van der Waals surface area contributed by atoms with Gasteiger partial charge in [0.2, 0.25) is 0 Å². The average Bonchev–Trinajstić information content (AvgIpc) is 2.90. The second kappa shape index (κ2) is 11.4. The predicted molar refractivity (Wildman–Crippen MR) is 144 cm³/mol. The van der Waals surface area contributed by atoms with Crippen molar-refractivity contribution in [2.75, 3.05) is 11.4 Å². The molecule has 4 rings (SSSR count). The van der Waals surface area contributed by atoms with Gasteiger partial charge in [-0.1, -0.05) is 74.5 Å². The second-order valence-electron chi connectivity index (χ2n) is 8.81. The van der Waals surface area contributed by atoms with Crippen molar-refractivity contribution < 1.29 is 23.0 Å². The van der Waals surface area contributed by atoms with Gasteiger partial charge in [0.1, 0.15) is 18.4 Å². The van der Waals surface area contributed by atoms with E-state index in [1.54, 1.807) is 26.0 Å². The van der Waals surface area contributed by atoms with Gasteiger partial charge in [0.15, 0.2) is 0 Å². The lowest BCUT2D eigenvalue weighted by Gasteiger charge is -2.30. The van der Waals surface area contributed by atoms with Crippen LogP contribution in [-0.4, -0.2) is 27.9 Å². The summed E-state index contributed by atoms with van der Waals surface area (Å²) in [5, 5.41) is 2.39. The Kier molecular flexibility index (Phi) is 8.03. The highest BCUT2D eigenvalue weighted by Crippen LogP contribution is 2.29. The lowest BCUT2D eigenvalue weighted by atomic mass is 10.0. The number of rotatable bonds is 9. The molecule has 1 N–H and O–H groups in total. The molecule has 4 aromatic carbocycles. The number of ether oxygens (including phenoxy) is 2. The van der Waals surface area contributed by atoms with Crippen molar-refractivity contribution in [2.45, 2.75) is 26.5 Å². The Morgan fingerprint density at radius 2 is 1.50 bits per heavy atom. The Morgan fingerprint density at radius 3 is 2.08 bits per heavy atom. The largest absolute Gasteiger partial charge is 0.489 e. The highest BCUT2D eigenvalue weighted by atomic mass is 32.2. The van der Waals surface area contributed by atoms with Gasteiger partial charge in [0, 0.05) is 0 Å². The Balaban J connectivity index is 1.46. The van der Waals surface area contributed by atoms with Gasteiger partial charge in [-0.25, -0.2) is 9.00 Å². The van der Waals surface area contributed by atoms with E-state index in [2.05, 4.69) is 30.3 Å². The molecule has 0 aromatic heterocycles. The van der Waals surface area contributed by atoms with E-state index in [1.807, 2.05) is 48.5 Å². The number of carbonyl (C=O) groups is 1. The van der Waals surface area contributed by atoms with E-state index in [-0.39, 0.29) is 5.92 Å². The quantitative estimate of drug-likeness (QED) is 0.217. The minimum Gasteiger partial charge on any atom is -0.489 e. The van der Waals surface area contributed by atoms with Gasteiger partial charge in [-0.2, -0.15) is 0 Å². The van der Waals surface area contributed by atoms with Gasteiger partial charge >= 0.3 is 5.97 Å². The van der Waals surface area contributed by atoms with E-state index in [0.717, 1.165) is 22.4 Å². The number of nitrogens with zero attached hydrogens (tertiary/aromatic N) is 1. The fraction of sp³-hybridized carbons (Fsp3) is 0.207. The van der Waals surface area contributed by atoms with Gasteiger partial charge < -0.3 is 9.47 Å². The summed E-state index contributed by atoms with van der Waals surface area (Å²) in [6, 6.07) is 28.6. The fourth-order valence-electron chi connectivity index (χ4n) is 4.15. The Bertz CT molecular complexity index is 1350. The molecule has 0 fully saturated rings. The summed E-state index contributed by atoms with van der Waals surface area (Å²) in [6.07, 6.45) is 0. The molecule has 6 nitrogen and oxygen atoms in total. The molecule has 0 saturated carbocycles. The first-order valence-electron chi connectivity index (χ1n) is 11.7. The van der Waals surface area contributed by atoms with E-state index >= 15 is 0 Å². The zero-order chi connectivity index (χ0) is 25.7. The molecule has 0 aliphatic carbocycles. The molecule has 2 unspecified atom stereocenters. The summed E-state index contributed by atoms with van der Waals surface area (Å²) >= 11 is -2.39. The predicted octanol–water partition coefficient (Wildman–Crippen LogP) is 6.23. The Hall–Kier alpha value is -3.68. The molecule has 0 bridgehead atoms. The van der Waals surface area contributed by atoms with E-state index in [9.17, 15) is 13.6 Å². The van der Waals surface area contributed by atoms with E-state index in [4.69, 9.17) is 9.47 Å². The van der Waals surface area contributed by atoms with Crippen LogP contribution in [0.3, 0.4) is 0 Å². The van der Waals surface area contributed by atoms with Crippen molar-refractivity contribution in [1.29, 1.82) is 0 Å². The molecular formula is C29H29NO5S. The van der Waals surface area contributed by atoms with Crippen LogP contribution >= 0.6 is 0 Å². The molecule has 0 amide bonds. The third-order valence-electron chi connectivity index (χ3n) is 6.02. The number of anilines is 1. The van der Waals surface area contributed by atoms with Crippen LogP contribution in [0, 0.1) is 5.92 Å². The fourth-order valence-corrected chi connectivity index (χ4v) is 4.97. The van der Waals surface area contributed by atoms with E-state index in [1.165, 1.54) is 22.2 Å². The van der Waals surface area contributed by atoms with Crippen molar-refractivity contribution in [3.8, 4) is 16.9 Å². The molecule has 186 valence electrons. The van der Waals surface area contributed by atoms with Crippen molar-refractivity contribution >= 4 is 33.7 Å². The van der Waals surface area contributed by atoms with Crippen molar-refractivity contribution in [3.05, 3.63) is 96.6 Å². The minimum absolute atomic E-state index is 0.227. The first-order chi connectivity index (χ1) is 17.4. The Morgan fingerprint density at radius 1 is 0.889 bits per heavy atom. The zero-order valence-corrected chi connectivity index (χ0v) is 21.3. The van der Waals surface area contributed by atoms with Gasteiger partial charge in [-0.3, -0.25) is 8.86 Å². The van der Waals surface area contributed by atoms with Crippen LogP contribution in [0.2, 0.25) is 0 Å². The summed E-state index contributed by atoms with van der Waals surface area (Å²) in [4.78, 5) is 12.3. The number of fused-ring (bicyclic) bond motifs is 1. The van der Waals surface area contributed by atoms with Gasteiger partial charge in [0.25, 0.3) is 11.3 Å². The monoisotopic (exact) mass is 503 g/mol. The minimum atomic E-state index is -2.39. The number of carbonyl (C=O) groups excluding carboxylic acids is 1. The van der Waals surface area contributed by atoms with Crippen molar-refractivity contribution in [2.24, 2.45) is 5.92 Å². The van der Waals surface area contributed by atoms with Crippen LogP contribution in [0.25, 0.3) is 21.9 Å².